The minimum Gasteiger partial charge on any atom is -0.392 e. The quantitative estimate of drug-likeness (QED) is 0.875. The van der Waals surface area contributed by atoms with Gasteiger partial charge in [-0.3, -0.25) is 9.80 Å². The van der Waals surface area contributed by atoms with Crippen molar-refractivity contribution in [2.24, 2.45) is 0 Å². The van der Waals surface area contributed by atoms with Crippen molar-refractivity contribution < 1.29 is 5.11 Å². The molecule has 1 aliphatic rings. The molecule has 1 heterocycles. The first-order valence-corrected chi connectivity index (χ1v) is 8.63. The molecule has 2 atom stereocenters. The van der Waals surface area contributed by atoms with Crippen molar-refractivity contribution in [3.8, 4) is 0 Å². The van der Waals surface area contributed by atoms with Gasteiger partial charge in [0.2, 0.25) is 0 Å². The van der Waals surface area contributed by atoms with Crippen LogP contribution in [-0.2, 0) is 6.54 Å². The molecule has 0 aliphatic carbocycles. The first-order valence-electron chi connectivity index (χ1n) is 7.45. The molecule has 0 spiro atoms. The minimum absolute atomic E-state index is 0.256. The van der Waals surface area contributed by atoms with Crippen LogP contribution in [0.25, 0.3) is 0 Å². The zero-order valence-corrected chi connectivity index (χ0v) is 15.3. The Bertz CT molecular complexity index is 495. The molecule has 1 N–H and O–H groups in total. The first-order chi connectivity index (χ1) is 9.86. The Kier molecular flexibility index (Phi) is 6.09. The minimum atomic E-state index is -0.256. The summed E-state index contributed by atoms with van der Waals surface area (Å²) in [5, 5.41) is 10.3. The Morgan fingerprint density at radius 3 is 2.76 bits per heavy atom. The van der Waals surface area contributed by atoms with Gasteiger partial charge in [0.15, 0.2) is 0 Å². The maximum Gasteiger partial charge on any atom is 0.0639 e. The van der Waals surface area contributed by atoms with Gasteiger partial charge >= 0.3 is 0 Å². The van der Waals surface area contributed by atoms with E-state index in [2.05, 4.69) is 44.8 Å². The van der Waals surface area contributed by atoms with Crippen molar-refractivity contribution in [2.45, 2.75) is 39.5 Å². The highest BCUT2D eigenvalue weighted by molar-refractivity contribution is 9.10. The summed E-state index contributed by atoms with van der Waals surface area (Å²) in [6.45, 7) is 10.8. The fourth-order valence-electron chi connectivity index (χ4n) is 2.87. The van der Waals surface area contributed by atoms with Crippen LogP contribution in [-0.4, -0.2) is 53.2 Å². The lowest BCUT2D eigenvalue weighted by Gasteiger charge is -2.40. The largest absolute Gasteiger partial charge is 0.392 e. The molecule has 0 saturated carbocycles. The lowest BCUT2D eigenvalue weighted by atomic mass is 10.1. The summed E-state index contributed by atoms with van der Waals surface area (Å²) in [6.07, 6.45) is -0.256. The summed E-state index contributed by atoms with van der Waals surface area (Å²) in [5.74, 6) is 0. The molecule has 2 unspecified atom stereocenters. The number of aliphatic hydroxyl groups excluding tert-OH is 1. The molecule has 2 rings (SSSR count). The van der Waals surface area contributed by atoms with Crippen LogP contribution in [0.5, 0.6) is 0 Å². The van der Waals surface area contributed by atoms with Gasteiger partial charge < -0.3 is 5.11 Å². The highest BCUT2D eigenvalue weighted by Crippen LogP contribution is 2.27. The smallest absolute Gasteiger partial charge is 0.0639 e. The van der Waals surface area contributed by atoms with Crippen molar-refractivity contribution >= 4 is 27.5 Å². The Balaban J connectivity index is 2.00. The van der Waals surface area contributed by atoms with E-state index in [1.165, 1.54) is 5.56 Å². The van der Waals surface area contributed by atoms with Crippen molar-refractivity contribution in [1.82, 2.24) is 9.80 Å². The average Bonchev–Trinajstić information content (AvgIpc) is 2.38. The number of nitrogens with zero attached hydrogens (tertiary/aromatic N) is 2. The monoisotopic (exact) mass is 374 g/mol. The van der Waals surface area contributed by atoms with Gasteiger partial charge in [-0.1, -0.05) is 27.5 Å². The first kappa shape index (κ1) is 17.2. The van der Waals surface area contributed by atoms with Crippen LogP contribution in [0.1, 0.15) is 25.0 Å². The Labute approximate surface area is 141 Å². The highest BCUT2D eigenvalue weighted by atomic mass is 79.9. The Morgan fingerprint density at radius 1 is 1.43 bits per heavy atom. The molecule has 0 radical (unpaired) electrons. The molecular weight excluding hydrogens is 352 g/mol. The van der Waals surface area contributed by atoms with Gasteiger partial charge in [0, 0.05) is 48.3 Å². The fourth-order valence-corrected chi connectivity index (χ4v) is 3.64. The second-order valence-corrected chi connectivity index (χ2v) is 7.38. The van der Waals surface area contributed by atoms with Crippen LogP contribution >= 0.6 is 27.5 Å². The number of piperazine rings is 1. The molecule has 1 aromatic carbocycles. The molecule has 1 fully saturated rings. The molecule has 1 saturated heterocycles. The molecule has 3 nitrogen and oxygen atoms in total. The number of benzene rings is 1. The third-order valence-corrected chi connectivity index (χ3v) is 5.22. The topological polar surface area (TPSA) is 26.7 Å². The second-order valence-electron chi connectivity index (χ2n) is 6.12. The number of aliphatic hydroxyl groups is 1. The molecule has 1 aliphatic heterocycles. The van der Waals surface area contributed by atoms with Gasteiger partial charge in [-0.25, -0.2) is 0 Å². The molecule has 0 amide bonds. The van der Waals surface area contributed by atoms with Crippen LogP contribution in [0.15, 0.2) is 16.6 Å². The molecule has 21 heavy (non-hydrogen) atoms. The van der Waals surface area contributed by atoms with E-state index in [1.54, 1.807) is 0 Å². The van der Waals surface area contributed by atoms with Gasteiger partial charge in [0.25, 0.3) is 0 Å². The normalized spacial score (nSPS) is 22.5. The lowest BCUT2D eigenvalue weighted by Crippen LogP contribution is -2.52. The number of hydrogen-bond donors (Lipinski definition) is 1. The predicted octanol–water partition coefficient (Wildman–Crippen LogP) is 3.30. The lowest BCUT2D eigenvalue weighted by molar-refractivity contribution is 0.0471. The average molecular weight is 376 g/mol. The molecule has 0 bridgehead atoms. The van der Waals surface area contributed by atoms with Crippen molar-refractivity contribution in [1.29, 1.82) is 0 Å². The van der Waals surface area contributed by atoms with Gasteiger partial charge in [0.1, 0.15) is 0 Å². The van der Waals surface area contributed by atoms with Crippen molar-refractivity contribution in [3.63, 3.8) is 0 Å². The zero-order valence-electron chi connectivity index (χ0n) is 12.9. The zero-order chi connectivity index (χ0) is 15.6. The van der Waals surface area contributed by atoms with E-state index in [9.17, 15) is 5.11 Å². The van der Waals surface area contributed by atoms with Crippen molar-refractivity contribution in [3.05, 3.63) is 32.8 Å². The van der Waals surface area contributed by atoms with Crippen LogP contribution in [0, 0.1) is 6.92 Å². The number of halogens is 2. The van der Waals surface area contributed by atoms with Gasteiger partial charge in [-0.15, -0.1) is 0 Å². The van der Waals surface area contributed by atoms with Crippen LogP contribution in [0.4, 0.5) is 0 Å². The van der Waals surface area contributed by atoms with Crippen LogP contribution < -0.4 is 0 Å². The van der Waals surface area contributed by atoms with E-state index < -0.39 is 0 Å². The van der Waals surface area contributed by atoms with Gasteiger partial charge in [-0.2, -0.15) is 0 Å². The van der Waals surface area contributed by atoms with E-state index in [1.807, 2.05) is 13.8 Å². The molecule has 118 valence electrons. The summed E-state index contributed by atoms with van der Waals surface area (Å²) in [6, 6.07) is 4.63. The number of β-amino-alcohol motifs (C(OH)–C–C–N with tert-alkyl or cyclic N) is 1. The summed E-state index contributed by atoms with van der Waals surface area (Å²) >= 11 is 9.89. The van der Waals surface area contributed by atoms with E-state index in [0.717, 1.165) is 47.8 Å². The summed E-state index contributed by atoms with van der Waals surface area (Å²) < 4.78 is 1.13. The SMILES string of the molecule is Cc1cc(Br)c(CN2CCN(CC(C)O)CC2C)cc1Cl. The third-order valence-electron chi connectivity index (χ3n) is 4.07. The second kappa shape index (κ2) is 7.42. The highest BCUT2D eigenvalue weighted by Gasteiger charge is 2.24. The van der Waals surface area contributed by atoms with Crippen molar-refractivity contribution in [2.75, 3.05) is 26.2 Å². The van der Waals surface area contributed by atoms with E-state index in [-0.39, 0.29) is 6.10 Å². The number of aryl methyl sites for hydroxylation is 1. The standard InChI is InChI=1S/C16H24BrClN2O/c1-11-6-15(17)14(7-16(11)18)10-20-5-4-19(8-12(20)2)9-13(3)21/h6-7,12-13,21H,4-5,8-10H2,1-3H3. The van der Waals surface area contributed by atoms with E-state index in [0.29, 0.717) is 6.04 Å². The summed E-state index contributed by atoms with van der Waals surface area (Å²) in [4.78, 5) is 4.81. The number of rotatable bonds is 4. The Hall–Kier alpha value is -0.130. The summed E-state index contributed by atoms with van der Waals surface area (Å²) in [7, 11) is 0. The molecular formula is C16H24BrClN2O. The molecule has 5 heteroatoms. The van der Waals surface area contributed by atoms with E-state index >= 15 is 0 Å². The molecule has 1 aromatic rings. The van der Waals surface area contributed by atoms with Crippen LogP contribution in [0.3, 0.4) is 0 Å². The van der Waals surface area contributed by atoms with Gasteiger partial charge in [-0.05, 0) is 44.0 Å². The van der Waals surface area contributed by atoms with Crippen LogP contribution in [0.2, 0.25) is 5.02 Å². The predicted molar refractivity (Wildman–Crippen MR) is 91.9 cm³/mol. The van der Waals surface area contributed by atoms with E-state index in [4.69, 9.17) is 11.6 Å². The third kappa shape index (κ3) is 4.67. The summed E-state index contributed by atoms with van der Waals surface area (Å²) in [5.41, 5.74) is 2.34. The fraction of sp³-hybridized carbons (Fsp3) is 0.625. The number of hydrogen-bond acceptors (Lipinski definition) is 3. The Morgan fingerprint density at radius 2 is 2.14 bits per heavy atom. The maximum atomic E-state index is 9.51. The maximum absolute atomic E-state index is 9.51. The molecule has 0 aromatic heterocycles. The van der Waals surface area contributed by atoms with Gasteiger partial charge in [0.05, 0.1) is 6.10 Å².